The highest BCUT2D eigenvalue weighted by Crippen LogP contribution is 2.43. The molecule has 0 atom stereocenters. The Morgan fingerprint density at radius 3 is 2.20 bits per heavy atom. The molecule has 0 saturated carbocycles. The van der Waals surface area contributed by atoms with Crippen LogP contribution in [0, 0.1) is 0 Å². The number of aromatic hydroxyl groups is 4. The van der Waals surface area contributed by atoms with Crippen molar-refractivity contribution in [2.24, 2.45) is 0 Å². The smallest absolute Gasteiger partial charge is 0.201 e. The minimum absolute atomic E-state index is 0.149. The fourth-order valence-electron chi connectivity index (χ4n) is 1.67. The molecule has 0 fully saturated rings. The van der Waals surface area contributed by atoms with Crippen LogP contribution < -0.4 is 0 Å². The molecule has 102 valence electrons. The highest BCUT2D eigenvalue weighted by atomic mass is 16.3. The van der Waals surface area contributed by atoms with Crippen molar-refractivity contribution in [3.8, 4) is 23.0 Å². The molecule has 0 amide bonds. The van der Waals surface area contributed by atoms with E-state index in [2.05, 4.69) is 0 Å². The summed E-state index contributed by atoms with van der Waals surface area (Å²) in [5.74, 6) is -2.87. The Kier molecular flexibility index (Phi) is 3.61. The first kappa shape index (κ1) is 13.5. The molecule has 0 bridgehead atoms. The normalized spacial score (nSPS) is 10.8. The van der Waals surface area contributed by atoms with Crippen molar-refractivity contribution in [1.82, 2.24) is 0 Å². The van der Waals surface area contributed by atoms with Crippen molar-refractivity contribution in [2.75, 3.05) is 0 Å². The number of phenolic OH excluding ortho intramolecular Hbond substituents is 4. The van der Waals surface area contributed by atoms with Gasteiger partial charge >= 0.3 is 0 Å². The van der Waals surface area contributed by atoms with Gasteiger partial charge in [-0.3, -0.25) is 4.79 Å². The third-order valence-electron chi connectivity index (χ3n) is 2.73. The fraction of sp³-hybridized carbons (Fsp3) is 0. The lowest BCUT2D eigenvalue weighted by Crippen LogP contribution is -1.92. The second-order valence-electron chi connectivity index (χ2n) is 4.09. The Morgan fingerprint density at radius 2 is 1.55 bits per heavy atom. The number of ketones is 1. The van der Waals surface area contributed by atoms with Crippen LogP contribution in [0.15, 0.2) is 42.5 Å². The highest BCUT2D eigenvalue weighted by molar-refractivity contribution is 6.07. The lowest BCUT2D eigenvalue weighted by atomic mass is 10.1. The van der Waals surface area contributed by atoms with Crippen LogP contribution in [0.2, 0.25) is 0 Å². The maximum absolute atomic E-state index is 11.8. The summed E-state index contributed by atoms with van der Waals surface area (Å²) in [7, 11) is 0. The maximum atomic E-state index is 11.8. The Hall–Kier alpha value is -2.95. The number of hydrogen-bond acceptors (Lipinski definition) is 5. The van der Waals surface area contributed by atoms with Gasteiger partial charge in [0.25, 0.3) is 0 Å². The average molecular weight is 272 g/mol. The van der Waals surface area contributed by atoms with E-state index in [-0.39, 0.29) is 11.3 Å². The number of carbonyl (C=O) groups is 1. The van der Waals surface area contributed by atoms with E-state index >= 15 is 0 Å². The van der Waals surface area contributed by atoms with E-state index in [1.165, 1.54) is 6.08 Å². The average Bonchev–Trinajstić information content (AvgIpc) is 2.45. The Labute approximate surface area is 114 Å². The van der Waals surface area contributed by atoms with E-state index in [1.807, 2.05) is 0 Å². The van der Waals surface area contributed by atoms with Gasteiger partial charge in [0.2, 0.25) is 5.75 Å². The van der Waals surface area contributed by atoms with Crippen molar-refractivity contribution in [1.29, 1.82) is 0 Å². The Bertz CT molecular complexity index is 674. The van der Waals surface area contributed by atoms with Gasteiger partial charge in [-0.1, -0.05) is 30.3 Å². The lowest BCUT2D eigenvalue weighted by Gasteiger charge is -2.06. The molecule has 5 heteroatoms. The second-order valence-corrected chi connectivity index (χ2v) is 4.09. The van der Waals surface area contributed by atoms with Crippen LogP contribution in [0.1, 0.15) is 15.9 Å². The molecule has 0 aliphatic carbocycles. The first-order chi connectivity index (χ1) is 9.50. The summed E-state index contributed by atoms with van der Waals surface area (Å²) >= 11 is 0. The highest BCUT2D eigenvalue weighted by Gasteiger charge is 2.14. The molecule has 5 nitrogen and oxygen atoms in total. The van der Waals surface area contributed by atoms with E-state index in [9.17, 15) is 25.2 Å². The molecular formula is C15H12O5. The minimum atomic E-state index is -0.755. The molecule has 0 saturated heterocycles. The standard InChI is InChI=1S/C15H12O5/c16-11(9-4-2-1-3-5-9)7-6-10-12(17)8-13(18)15(20)14(10)19/h1-8,17-20H/b7-6+. The number of rotatable bonds is 3. The molecule has 0 unspecified atom stereocenters. The van der Waals surface area contributed by atoms with E-state index in [0.29, 0.717) is 5.56 Å². The van der Waals surface area contributed by atoms with Gasteiger partial charge in [0.05, 0.1) is 5.56 Å². The van der Waals surface area contributed by atoms with Gasteiger partial charge in [0, 0.05) is 11.6 Å². The van der Waals surface area contributed by atoms with E-state index in [0.717, 1.165) is 12.1 Å². The quantitative estimate of drug-likeness (QED) is 0.298. The third kappa shape index (κ3) is 2.56. The fourth-order valence-corrected chi connectivity index (χ4v) is 1.67. The summed E-state index contributed by atoms with van der Waals surface area (Å²) in [6.07, 6.45) is 2.32. The number of allylic oxidation sites excluding steroid dienone is 1. The van der Waals surface area contributed by atoms with Crippen LogP contribution in [0.4, 0.5) is 0 Å². The predicted molar refractivity (Wildman–Crippen MR) is 72.9 cm³/mol. The molecular weight excluding hydrogens is 260 g/mol. The Balaban J connectivity index is 2.33. The largest absolute Gasteiger partial charge is 0.507 e. The van der Waals surface area contributed by atoms with E-state index < -0.39 is 23.0 Å². The zero-order valence-electron chi connectivity index (χ0n) is 10.3. The van der Waals surface area contributed by atoms with Crippen LogP contribution in [-0.2, 0) is 0 Å². The molecule has 0 aliphatic rings. The van der Waals surface area contributed by atoms with Gasteiger partial charge in [-0.25, -0.2) is 0 Å². The van der Waals surface area contributed by atoms with Gasteiger partial charge in [-0.2, -0.15) is 0 Å². The maximum Gasteiger partial charge on any atom is 0.201 e. The number of phenols is 4. The first-order valence-electron chi connectivity index (χ1n) is 5.75. The van der Waals surface area contributed by atoms with Crippen molar-refractivity contribution < 1.29 is 25.2 Å². The molecule has 0 aromatic heterocycles. The minimum Gasteiger partial charge on any atom is -0.507 e. The molecule has 0 radical (unpaired) electrons. The molecule has 0 aliphatic heterocycles. The van der Waals surface area contributed by atoms with Crippen molar-refractivity contribution in [3.63, 3.8) is 0 Å². The number of carbonyl (C=O) groups excluding carboxylic acids is 1. The summed E-state index contributed by atoms with van der Waals surface area (Å²) in [5.41, 5.74) is 0.301. The number of benzene rings is 2. The summed E-state index contributed by atoms with van der Waals surface area (Å²) < 4.78 is 0. The zero-order valence-corrected chi connectivity index (χ0v) is 10.3. The first-order valence-corrected chi connectivity index (χ1v) is 5.75. The van der Waals surface area contributed by atoms with Gasteiger partial charge in [-0.15, -0.1) is 0 Å². The van der Waals surface area contributed by atoms with E-state index in [1.54, 1.807) is 30.3 Å². The SMILES string of the molecule is O=C(/C=C/c1c(O)cc(O)c(O)c1O)c1ccccc1. The van der Waals surface area contributed by atoms with Gasteiger partial charge in [0.1, 0.15) is 5.75 Å². The van der Waals surface area contributed by atoms with E-state index in [4.69, 9.17) is 0 Å². The third-order valence-corrected chi connectivity index (χ3v) is 2.73. The van der Waals surface area contributed by atoms with Gasteiger partial charge in [0.15, 0.2) is 17.3 Å². The zero-order chi connectivity index (χ0) is 14.7. The van der Waals surface area contributed by atoms with Crippen LogP contribution in [-0.4, -0.2) is 26.2 Å². The molecule has 2 rings (SSSR count). The summed E-state index contributed by atoms with van der Waals surface area (Å²) in [4.78, 5) is 11.8. The molecule has 20 heavy (non-hydrogen) atoms. The van der Waals surface area contributed by atoms with Crippen LogP contribution in [0.3, 0.4) is 0 Å². The van der Waals surface area contributed by atoms with Gasteiger partial charge in [-0.05, 0) is 12.2 Å². The van der Waals surface area contributed by atoms with Crippen LogP contribution in [0.25, 0.3) is 6.08 Å². The number of hydrogen-bond donors (Lipinski definition) is 4. The topological polar surface area (TPSA) is 98.0 Å². The van der Waals surface area contributed by atoms with Crippen molar-refractivity contribution >= 4 is 11.9 Å². The summed E-state index contributed by atoms with van der Waals surface area (Å²) in [5, 5.41) is 37.8. The molecule has 2 aromatic rings. The molecule has 0 heterocycles. The van der Waals surface area contributed by atoms with Crippen molar-refractivity contribution in [3.05, 3.63) is 53.6 Å². The van der Waals surface area contributed by atoms with Crippen LogP contribution >= 0.6 is 0 Å². The predicted octanol–water partition coefficient (Wildman–Crippen LogP) is 2.41. The van der Waals surface area contributed by atoms with Crippen molar-refractivity contribution in [2.45, 2.75) is 0 Å². The molecule has 4 N–H and O–H groups in total. The van der Waals surface area contributed by atoms with Crippen LogP contribution in [0.5, 0.6) is 23.0 Å². The van der Waals surface area contributed by atoms with Gasteiger partial charge < -0.3 is 20.4 Å². The molecule has 2 aromatic carbocycles. The summed E-state index contributed by atoms with van der Waals surface area (Å²) in [6, 6.07) is 9.32. The second kappa shape index (κ2) is 5.36. The summed E-state index contributed by atoms with van der Waals surface area (Å²) in [6.45, 7) is 0. The molecule has 0 spiro atoms. The Morgan fingerprint density at radius 1 is 0.900 bits per heavy atom. The lowest BCUT2D eigenvalue weighted by molar-refractivity contribution is 0.104. The monoisotopic (exact) mass is 272 g/mol.